The monoisotopic (exact) mass is 354 g/mol. The third-order valence-electron chi connectivity index (χ3n) is 3.79. The maximum Gasteiger partial charge on any atom is 0.265 e. The molecule has 1 aliphatic heterocycles. The standard InChI is InChI=1S/C18H14N2O4S/c1-10(21)11-3-5-12(6-4-11)15-8-7-13(24-15)9-14-16(22)19-18(25)20(2)17(14)23/h3-9H,1-2H3,(H,19,22,25)/b14-9-. The summed E-state index contributed by atoms with van der Waals surface area (Å²) in [7, 11) is 1.49. The van der Waals surface area contributed by atoms with Gasteiger partial charge in [0.05, 0.1) is 0 Å². The maximum atomic E-state index is 12.2. The first-order valence-corrected chi connectivity index (χ1v) is 7.84. The molecule has 25 heavy (non-hydrogen) atoms. The summed E-state index contributed by atoms with van der Waals surface area (Å²) in [4.78, 5) is 36.6. The Morgan fingerprint density at radius 1 is 1.16 bits per heavy atom. The number of likely N-dealkylation sites (N-methyl/N-ethyl adjacent to an activating group) is 1. The van der Waals surface area contributed by atoms with Gasteiger partial charge in [-0.2, -0.15) is 0 Å². The number of nitrogens with one attached hydrogen (secondary N) is 1. The van der Waals surface area contributed by atoms with E-state index in [1.54, 1.807) is 36.4 Å². The summed E-state index contributed by atoms with van der Waals surface area (Å²) in [6.07, 6.45) is 1.38. The van der Waals surface area contributed by atoms with Crippen LogP contribution < -0.4 is 5.32 Å². The Kier molecular flexibility index (Phi) is 4.33. The lowest BCUT2D eigenvalue weighted by Crippen LogP contribution is -2.52. The van der Waals surface area contributed by atoms with Crippen LogP contribution >= 0.6 is 12.2 Å². The number of benzene rings is 1. The van der Waals surface area contributed by atoms with Gasteiger partial charge in [-0.25, -0.2) is 0 Å². The van der Waals surface area contributed by atoms with Crippen molar-refractivity contribution in [3.8, 4) is 11.3 Å². The van der Waals surface area contributed by atoms with E-state index in [9.17, 15) is 14.4 Å². The Hall–Kier alpha value is -3.06. The zero-order chi connectivity index (χ0) is 18.1. The van der Waals surface area contributed by atoms with E-state index in [4.69, 9.17) is 16.6 Å². The number of carbonyl (C=O) groups excluding carboxylic acids is 3. The molecule has 0 radical (unpaired) electrons. The van der Waals surface area contributed by atoms with Crippen LogP contribution in [0, 0.1) is 0 Å². The summed E-state index contributed by atoms with van der Waals surface area (Å²) >= 11 is 4.90. The molecule has 2 amide bonds. The first kappa shape index (κ1) is 16.8. The fourth-order valence-corrected chi connectivity index (χ4v) is 2.52. The van der Waals surface area contributed by atoms with Gasteiger partial charge in [-0.15, -0.1) is 0 Å². The quantitative estimate of drug-likeness (QED) is 0.396. The van der Waals surface area contributed by atoms with E-state index in [1.165, 1.54) is 24.9 Å². The molecular formula is C18H14N2O4S. The van der Waals surface area contributed by atoms with Crippen molar-refractivity contribution in [2.24, 2.45) is 0 Å². The Bertz CT molecular complexity index is 925. The molecule has 1 aromatic carbocycles. The minimum Gasteiger partial charge on any atom is -0.457 e. The van der Waals surface area contributed by atoms with E-state index in [1.807, 2.05) is 0 Å². The Labute approximate surface area is 149 Å². The molecular weight excluding hydrogens is 340 g/mol. The van der Waals surface area contributed by atoms with Crippen LogP contribution in [0.25, 0.3) is 17.4 Å². The van der Waals surface area contributed by atoms with Crippen LogP contribution in [0.5, 0.6) is 0 Å². The van der Waals surface area contributed by atoms with Gasteiger partial charge in [-0.05, 0) is 37.4 Å². The molecule has 1 aromatic heterocycles. The van der Waals surface area contributed by atoms with E-state index in [2.05, 4.69) is 5.32 Å². The molecule has 0 aliphatic carbocycles. The van der Waals surface area contributed by atoms with Crippen LogP contribution in [0.3, 0.4) is 0 Å². The average molecular weight is 354 g/mol. The zero-order valence-corrected chi connectivity index (χ0v) is 14.3. The smallest absolute Gasteiger partial charge is 0.265 e. The molecule has 0 spiro atoms. The average Bonchev–Trinajstić information content (AvgIpc) is 3.05. The molecule has 6 nitrogen and oxygen atoms in total. The Morgan fingerprint density at radius 2 is 1.84 bits per heavy atom. The number of carbonyl (C=O) groups is 3. The predicted octanol–water partition coefficient (Wildman–Crippen LogP) is 2.41. The Morgan fingerprint density at radius 3 is 2.48 bits per heavy atom. The highest BCUT2D eigenvalue weighted by atomic mass is 32.1. The highest BCUT2D eigenvalue weighted by Gasteiger charge is 2.31. The highest BCUT2D eigenvalue weighted by molar-refractivity contribution is 7.80. The number of rotatable bonds is 3. The van der Waals surface area contributed by atoms with Crippen molar-refractivity contribution >= 4 is 41.0 Å². The summed E-state index contributed by atoms with van der Waals surface area (Å²) < 4.78 is 5.69. The van der Waals surface area contributed by atoms with E-state index in [0.29, 0.717) is 17.1 Å². The van der Waals surface area contributed by atoms with Gasteiger partial charge in [0.1, 0.15) is 17.1 Å². The summed E-state index contributed by atoms with van der Waals surface area (Å²) in [5.74, 6) is -0.130. The normalized spacial score (nSPS) is 16.3. The molecule has 1 N–H and O–H groups in total. The van der Waals surface area contributed by atoms with Crippen LogP contribution in [0.2, 0.25) is 0 Å². The van der Waals surface area contributed by atoms with Crippen LogP contribution in [0.1, 0.15) is 23.0 Å². The van der Waals surface area contributed by atoms with Crippen molar-refractivity contribution in [2.75, 3.05) is 7.05 Å². The molecule has 7 heteroatoms. The van der Waals surface area contributed by atoms with Gasteiger partial charge in [0.25, 0.3) is 11.8 Å². The molecule has 1 fully saturated rings. The predicted molar refractivity (Wildman–Crippen MR) is 95.6 cm³/mol. The Balaban J connectivity index is 1.88. The summed E-state index contributed by atoms with van der Waals surface area (Å²) in [5, 5.41) is 2.51. The molecule has 2 aromatic rings. The third kappa shape index (κ3) is 3.27. The molecule has 0 bridgehead atoms. The van der Waals surface area contributed by atoms with Gasteiger partial charge in [-0.1, -0.05) is 24.3 Å². The van der Waals surface area contributed by atoms with Gasteiger partial charge in [0.2, 0.25) is 0 Å². The van der Waals surface area contributed by atoms with E-state index >= 15 is 0 Å². The second-order valence-corrected chi connectivity index (χ2v) is 5.90. The zero-order valence-electron chi connectivity index (χ0n) is 13.5. The first-order chi connectivity index (χ1) is 11.9. The number of amides is 2. The summed E-state index contributed by atoms with van der Waals surface area (Å²) in [5.41, 5.74) is 1.34. The van der Waals surface area contributed by atoms with Crippen LogP contribution in [-0.4, -0.2) is 34.7 Å². The number of ketones is 1. The minimum absolute atomic E-state index is 0.0136. The van der Waals surface area contributed by atoms with Gasteiger partial charge in [0.15, 0.2) is 10.9 Å². The molecule has 0 atom stereocenters. The molecule has 2 heterocycles. The number of nitrogens with zero attached hydrogens (tertiary/aromatic N) is 1. The number of hydrogen-bond acceptors (Lipinski definition) is 5. The second kappa shape index (κ2) is 6.45. The van der Waals surface area contributed by atoms with E-state index < -0.39 is 11.8 Å². The second-order valence-electron chi connectivity index (χ2n) is 5.52. The number of Topliss-reactive ketones (excluding diaryl/α,β-unsaturated/α-hetero) is 1. The van der Waals surface area contributed by atoms with Crippen molar-refractivity contribution in [3.05, 3.63) is 53.3 Å². The number of hydrogen-bond donors (Lipinski definition) is 1. The van der Waals surface area contributed by atoms with Crippen molar-refractivity contribution in [2.45, 2.75) is 6.92 Å². The lowest BCUT2D eigenvalue weighted by Gasteiger charge is -2.24. The van der Waals surface area contributed by atoms with Crippen molar-refractivity contribution in [3.63, 3.8) is 0 Å². The topological polar surface area (TPSA) is 79.6 Å². The number of furan rings is 1. The molecule has 1 aliphatic rings. The fraction of sp³-hybridized carbons (Fsp3) is 0.111. The summed E-state index contributed by atoms with van der Waals surface area (Å²) in [6.45, 7) is 1.50. The van der Waals surface area contributed by atoms with E-state index in [0.717, 1.165) is 5.56 Å². The molecule has 1 saturated heterocycles. The van der Waals surface area contributed by atoms with Gasteiger partial charge < -0.3 is 4.42 Å². The molecule has 0 unspecified atom stereocenters. The van der Waals surface area contributed by atoms with Crippen molar-refractivity contribution in [1.82, 2.24) is 10.2 Å². The maximum absolute atomic E-state index is 12.2. The van der Waals surface area contributed by atoms with Crippen molar-refractivity contribution in [1.29, 1.82) is 0 Å². The van der Waals surface area contributed by atoms with Crippen LogP contribution in [-0.2, 0) is 9.59 Å². The SMILES string of the molecule is CC(=O)c1ccc(-c2ccc(/C=C3/C(=O)NC(=S)N(C)C3=O)o2)cc1. The molecule has 126 valence electrons. The third-order valence-corrected chi connectivity index (χ3v) is 4.17. The first-order valence-electron chi connectivity index (χ1n) is 7.43. The van der Waals surface area contributed by atoms with Crippen molar-refractivity contribution < 1.29 is 18.8 Å². The van der Waals surface area contributed by atoms with E-state index in [-0.39, 0.29) is 16.5 Å². The largest absolute Gasteiger partial charge is 0.457 e. The lowest BCUT2D eigenvalue weighted by atomic mass is 10.1. The lowest BCUT2D eigenvalue weighted by molar-refractivity contribution is -0.128. The van der Waals surface area contributed by atoms with Crippen LogP contribution in [0.4, 0.5) is 0 Å². The minimum atomic E-state index is -0.558. The molecule has 0 saturated carbocycles. The van der Waals surface area contributed by atoms with Gasteiger partial charge in [0, 0.05) is 18.2 Å². The van der Waals surface area contributed by atoms with Crippen LogP contribution in [0.15, 0.2) is 46.4 Å². The molecule has 3 rings (SSSR count). The van der Waals surface area contributed by atoms with Gasteiger partial charge in [-0.3, -0.25) is 24.6 Å². The van der Waals surface area contributed by atoms with Gasteiger partial charge >= 0.3 is 0 Å². The summed E-state index contributed by atoms with van der Waals surface area (Å²) in [6, 6.07) is 10.4. The number of thiocarbonyl (C=S) groups is 1. The highest BCUT2D eigenvalue weighted by Crippen LogP contribution is 2.24. The fourth-order valence-electron chi connectivity index (χ4n) is 2.34.